The van der Waals surface area contributed by atoms with Crippen LogP contribution < -0.4 is 5.32 Å². The lowest BCUT2D eigenvalue weighted by Gasteiger charge is -1.97. The van der Waals surface area contributed by atoms with Crippen molar-refractivity contribution in [3.63, 3.8) is 0 Å². The first-order valence-corrected chi connectivity index (χ1v) is 3.44. The van der Waals surface area contributed by atoms with Crippen LogP contribution in [0.25, 0.3) is 0 Å². The second-order valence-electron chi connectivity index (χ2n) is 2.06. The van der Waals surface area contributed by atoms with Gasteiger partial charge in [-0.1, -0.05) is 0 Å². The van der Waals surface area contributed by atoms with Crippen molar-refractivity contribution in [2.24, 2.45) is 0 Å². The van der Waals surface area contributed by atoms with E-state index >= 15 is 0 Å². The molecule has 0 radical (unpaired) electrons. The maximum atomic E-state index is 10.9. The molecule has 0 atom stereocenters. The molecule has 0 fully saturated rings. The molecule has 0 unspecified atom stereocenters. The minimum Gasteiger partial charge on any atom is -0.356 e. The van der Waals surface area contributed by atoms with Crippen LogP contribution in [0.4, 0.5) is 0 Å². The van der Waals surface area contributed by atoms with Crippen LogP contribution in [0.3, 0.4) is 0 Å². The average molecular weight is 154 g/mol. The van der Waals surface area contributed by atoms with Gasteiger partial charge in [-0.2, -0.15) is 5.10 Å². The molecule has 5 nitrogen and oxygen atoms in total. The summed E-state index contributed by atoms with van der Waals surface area (Å²) in [6, 6.07) is 0. The summed E-state index contributed by atoms with van der Waals surface area (Å²) in [7, 11) is 0. The first kappa shape index (κ1) is 7.71. The van der Waals surface area contributed by atoms with E-state index in [4.69, 9.17) is 0 Å². The molecule has 0 aliphatic heterocycles. The maximum absolute atomic E-state index is 10.9. The number of nitrogens with one attached hydrogen (secondary N) is 2. The zero-order valence-corrected chi connectivity index (χ0v) is 6.29. The molecule has 60 valence electrons. The summed E-state index contributed by atoms with van der Waals surface area (Å²) in [5.41, 5.74) is 0. The summed E-state index contributed by atoms with van der Waals surface area (Å²) >= 11 is 0. The zero-order valence-electron chi connectivity index (χ0n) is 6.29. The fraction of sp³-hybridized carbons (Fsp3) is 0.500. The van der Waals surface area contributed by atoms with Gasteiger partial charge < -0.3 is 5.32 Å². The Bertz CT molecular complexity index is 218. The Morgan fingerprint density at radius 2 is 2.64 bits per heavy atom. The molecular formula is C6H10N4O. The summed E-state index contributed by atoms with van der Waals surface area (Å²) in [6.07, 6.45) is 1.66. The van der Waals surface area contributed by atoms with E-state index in [1.807, 2.05) is 6.92 Å². The molecule has 0 spiro atoms. The highest BCUT2D eigenvalue weighted by molar-refractivity contribution is 5.77. The molecule has 11 heavy (non-hydrogen) atoms. The number of rotatable bonds is 3. The van der Waals surface area contributed by atoms with E-state index in [0.717, 1.165) is 0 Å². The molecule has 0 bridgehead atoms. The number of nitrogens with zero attached hydrogens (tertiary/aromatic N) is 2. The number of aromatic amines is 1. The van der Waals surface area contributed by atoms with Crippen LogP contribution in [0, 0.1) is 0 Å². The molecule has 2 N–H and O–H groups in total. The van der Waals surface area contributed by atoms with Gasteiger partial charge in [0.25, 0.3) is 0 Å². The molecule has 1 aromatic heterocycles. The van der Waals surface area contributed by atoms with Crippen LogP contribution >= 0.6 is 0 Å². The minimum atomic E-state index is -0.0377. The van der Waals surface area contributed by atoms with Crippen LogP contribution in [0.2, 0.25) is 0 Å². The summed E-state index contributed by atoms with van der Waals surface area (Å²) < 4.78 is 0. The van der Waals surface area contributed by atoms with E-state index in [1.54, 1.807) is 0 Å². The van der Waals surface area contributed by atoms with Gasteiger partial charge >= 0.3 is 0 Å². The van der Waals surface area contributed by atoms with Crippen molar-refractivity contribution in [2.45, 2.75) is 13.3 Å². The Kier molecular flexibility index (Phi) is 2.59. The van der Waals surface area contributed by atoms with E-state index in [0.29, 0.717) is 12.4 Å². The number of likely N-dealkylation sites (N-methyl/N-ethyl adjacent to an activating group) is 1. The Morgan fingerprint density at radius 3 is 3.18 bits per heavy atom. The Hall–Kier alpha value is -1.39. The highest BCUT2D eigenvalue weighted by Gasteiger charge is 2.02. The average Bonchev–Trinajstić information content (AvgIpc) is 2.40. The highest BCUT2D eigenvalue weighted by Crippen LogP contribution is 1.86. The monoisotopic (exact) mass is 154 g/mol. The number of hydrogen-bond acceptors (Lipinski definition) is 3. The van der Waals surface area contributed by atoms with Gasteiger partial charge in [-0.25, -0.2) is 4.98 Å². The van der Waals surface area contributed by atoms with E-state index in [2.05, 4.69) is 20.5 Å². The molecule has 0 aliphatic carbocycles. The number of aromatic nitrogens is 3. The number of hydrogen-bond donors (Lipinski definition) is 2. The Balaban J connectivity index is 2.37. The fourth-order valence-electron chi connectivity index (χ4n) is 0.728. The molecule has 1 amide bonds. The zero-order chi connectivity index (χ0) is 8.10. The van der Waals surface area contributed by atoms with Gasteiger partial charge in [-0.05, 0) is 6.92 Å². The van der Waals surface area contributed by atoms with Crippen LogP contribution in [0.15, 0.2) is 6.33 Å². The van der Waals surface area contributed by atoms with Gasteiger partial charge in [0.2, 0.25) is 5.91 Å². The summed E-state index contributed by atoms with van der Waals surface area (Å²) in [5.74, 6) is 0.556. The molecule has 0 saturated carbocycles. The minimum absolute atomic E-state index is 0.0377. The maximum Gasteiger partial charge on any atom is 0.227 e. The van der Waals surface area contributed by atoms with Crippen LogP contribution in [-0.4, -0.2) is 27.6 Å². The van der Waals surface area contributed by atoms with Crippen molar-refractivity contribution in [1.29, 1.82) is 0 Å². The second-order valence-corrected chi connectivity index (χ2v) is 2.06. The molecule has 5 heteroatoms. The third kappa shape index (κ3) is 2.37. The number of H-pyrrole nitrogens is 1. The van der Waals surface area contributed by atoms with Crippen LogP contribution in [-0.2, 0) is 11.2 Å². The summed E-state index contributed by atoms with van der Waals surface area (Å²) in [6.45, 7) is 2.52. The van der Waals surface area contributed by atoms with Gasteiger partial charge in [0.1, 0.15) is 12.2 Å². The van der Waals surface area contributed by atoms with E-state index in [-0.39, 0.29) is 12.3 Å². The first-order valence-electron chi connectivity index (χ1n) is 3.44. The van der Waals surface area contributed by atoms with Crippen LogP contribution in [0.1, 0.15) is 12.7 Å². The molecule has 1 aromatic rings. The molecule has 0 aromatic carbocycles. The Labute approximate surface area is 64.2 Å². The smallest absolute Gasteiger partial charge is 0.227 e. The van der Waals surface area contributed by atoms with Crippen molar-refractivity contribution >= 4 is 5.91 Å². The molecule has 1 heterocycles. The van der Waals surface area contributed by atoms with E-state index in [1.165, 1.54) is 6.33 Å². The third-order valence-electron chi connectivity index (χ3n) is 1.17. The molecule has 1 rings (SSSR count). The van der Waals surface area contributed by atoms with Gasteiger partial charge in [0.15, 0.2) is 0 Å². The lowest BCUT2D eigenvalue weighted by molar-refractivity contribution is -0.120. The SMILES string of the molecule is CCNC(=O)Cc1ncn[nH]1. The van der Waals surface area contributed by atoms with Crippen molar-refractivity contribution in [3.05, 3.63) is 12.2 Å². The predicted octanol–water partition coefficient (Wildman–Crippen LogP) is -0.517. The molecule has 0 aliphatic rings. The standard InChI is InChI=1S/C6H10N4O/c1-2-7-6(11)3-5-8-4-9-10-5/h4H,2-3H2,1H3,(H,7,11)(H,8,9,10). The molecule has 0 saturated heterocycles. The molecular weight excluding hydrogens is 144 g/mol. The second kappa shape index (κ2) is 3.70. The first-order chi connectivity index (χ1) is 5.33. The lowest BCUT2D eigenvalue weighted by Crippen LogP contribution is -2.24. The largest absolute Gasteiger partial charge is 0.356 e. The quantitative estimate of drug-likeness (QED) is 0.615. The summed E-state index contributed by atoms with van der Waals surface area (Å²) in [5, 5.41) is 8.88. The number of carbonyl (C=O) groups is 1. The van der Waals surface area contributed by atoms with Gasteiger partial charge in [0, 0.05) is 6.54 Å². The number of amides is 1. The van der Waals surface area contributed by atoms with Gasteiger partial charge in [-0.3, -0.25) is 9.89 Å². The highest BCUT2D eigenvalue weighted by atomic mass is 16.1. The van der Waals surface area contributed by atoms with E-state index in [9.17, 15) is 4.79 Å². The Morgan fingerprint density at radius 1 is 1.82 bits per heavy atom. The van der Waals surface area contributed by atoms with Crippen molar-refractivity contribution in [1.82, 2.24) is 20.5 Å². The van der Waals surface area contributed by atoms with Crippen molar-refractivity contribution in [2.75, 3.05) is 6.54 Å². The van der Waals surface area contributed by atoms with Gasteiger partial charge in [0.05, 0.1) is 6.42 Å². The number of carbonyl (C=O) groups excluding carboxylic acids is 1. The van der Waals surface area contributed by atoms with Crippen LogP contribution in [0.5, 0.6) is 0 Å². The van der Waals surface area contributed by atoms with Crippen molar-refractivity contribution in [3.8, 4) is 0 Å². The third-order valence-corrected chi connectivity index (χ3v) is 1.17. The van der Waals surface area contributed by atoms with Gasteiger partial charge in [-0.15, -0.1) is 0 Å². The fourth-order valence-corrected chi connectivity index (χ4v) is 0.728. The van der Waals surface area contributed by atoms with E-state index < -0.39 is 0 Å². The predicted molar refractivity (Wildman–Crippen MR) is 38.8 cm³/mol. The van der Waals surface area contributed by atoms with Crippen molar-refractivity contribution < 1.29 is 4.79 Å². The normalized spacial score (nSPS) is 9.55. The topological polar surface area (TPSA) is 70.7 Å². The lowest BCUT2D eigenvalue weighted by atomic mass is 10.4. The summed E-state index contributed by atoms with van der Waals surface area (Å²) in [4.78, 5) is 14.7.